The average molecular weight is 275 g/mol. The fraction of sp³-hybridized carbons (Fsp3) is 0.647. The third-order valence-electron chi connectivity index (χ3n) is 4.24. The minimum Gasteiger partial charge on any atom is -0.310 e. The molecule has 1 heterocycles. The Balaban J connectivity index is 1.63. The summed E-state index contributed by atoms with van der Waals surface area (Å²) in [4.78, 5) is 4.99. The van der Waals surface area contributed by atoms with Gasteiger partial charge in [-0.1, -0.05) is 29.8 Å². The highest BCUT2D eigenvalue weighted by molar-refractivity contribution is 5.24. The third-order valence-corrected chi connectivity index (χ3v) is 4.24. The summed E-state index contributed by atoms with van der Waals surface area (Å²) in [6.45, 7) is 11.6. The molecule has 0 radical (unpaired) electrons. The lowest BCUT2D eigenvalue weighted by atomic mass is 10.1. The summed E-state index contributed by atoms with van der Waals surface area (Å²) in [5.74, 6) is 0. The zero-order chi connectivity index (χ0) is 14.4. The van der Waals surface area contributed by atoms with Crippen molar-refractivity contribution in [3.8, 4) is 0 Å². The average Bonchev–Trinajstić information content (AvgIpc) is 2.45. The summed E-state index contributed by atoms with van der Waals surface area (Å²) < 4.78 is 0. The SMILES string of the molecule is Cc1cccc(C(C)NCCCN2CCN(C)CC2)c1. The van der Waals surface area contributed by atoms with Crippen LogP contribution in [0.2, 0.25) is 0 Å². The van der Waals surface area contributed by atoms with E-state index in [0.717, 1.165) is 6.54 Å². The standard InChI is InChI=1S/C17H29N3/c1-15-6-4-7-17(14-15)16(2)18-8-5-9-20-12-10-19(3)11-13-20/h4,6-7,14,16,18H,5,8-13H2,1-3H3. The number of nitrogens with one attached hydrogen (secondary N) is 1. The molecule has 112 valence electrons. The molecule has 1 atom stereocenters. The molecule has 0 saturated carbocycles. The molecular formula is C17H29N3. The van der Waals surface area contributed by atoms with Crippen LogP contribution < -0.4 is 5.32 Å². The Labute approximate surface area is 124 Å². The van der Waals surface area contributed by atoms with Crippen molar-refractivity contribution >= 4 is 0 Å². The monoisotopic (exact) mass is 275 g/mol. The molecule has 0 aromatic heterocycles. The number of rotatable bonds is 6. The van der Waals surface area contributed by atoms with Crippen molar-refractivity contribution in [1.29, 1.82) is 0 Å². The van der Waals surface area contributed by atoms with Crippen molar-refractivity contribution < 1.29 is 0 Å². The Bertz CT molecular complexity index is 397. The quantitative estimate of drug-likeness (QED) is 0.804. The Kier molecular flexibility index (Phi) is 6.02. The largest absolute Gasteiger partial charge is 0.310 e. The van der Waals surface area contributed by atoms with E-state index < -0.39 is 0 Å². The van der Waals surface area contributed by atoms with E-state index in [0.29, 0.717) is 6.04 Å². The Hall–Kier alpha value is -0.900. The van der Waals surface area contributed by atoms with Gasteiger partial charge in [-0.25, -0.2) is 0 Å². The van der Waals surface area contributed by atoms with E-state index in [2.05, 4.69) is 60.3 Å². The molecule has 1 saturated heterocycles. The molecule has 1 aromatic rings. The number of likely N-dealkylation sites (N-methyl/N-ethyl adjacent to an activating group) is 1. The number of benzene rings is 1. The van der Waals surface area contributed by atoms with Gasteiger partial charge in [0.15, 0.2) is 0 Å². The molecule has 0 amide bonds. The van der Waals surface area contributed by atoms with Crippen LogP contribution in [0.1, 0.15) is 30.5 Å². The first kappa shape index (κ1) is 15.5. The number of aryl methyl sites for hydroxylation is 1. The first-order valence-corrected chi connectivity index (χ1v) is 7.86. The van der Waals surface area contributed by atoms with Crippen molar-refractivity contribution in [3.63, 3.8) is 0 Å². The molecular weight excluding hydrogens is 246 g/mol. The molecule has 1 aliphatic heterocycles. The van der Waals surface area contributed by atoms with E-state index in [9.17, 15) is 0 Å². The van der Waals surface area contributed by atoms with Crippen LogP contribution in [0, 0.1) is 6.92 Å². The minimum absolute atomic E-state index is 0.447. The van der Waals surface area contributed by atoms with Crippen molar-refractivity contribution in [3.05, 3.63) is 35.4 Å². The molecule has 1 aromatic carbocycles. The highest BCUT2D eigenvalue weighted by Gasteiger charge is 2.13. The molecule has 0 bridgehead atoms. The van der Waals surface area contributed by atoms with E-state index in [-0.39, 0.29) is 0 Å². The predicted molar refractivity (Wildman–Crippen MR) is 86.2 cm³/mol. The zero-order valence-corrected chi connectivity index (χ0v) is 13.2. The molecule has 0 spiro atoms. The molecule has 0 aliphatic carbocycles. The van der Waals surface area contributed by atoms with Gasteiger partial charge in [0.1, 0.15) is 0 Å². The zero-order valence-electron chi connectivity index (χ0n) is 13.2. The van der Waals surface area contributed by atoms with Crippen LogP contribution in [0.4, 0.5) is 0 Å². The predicted octanol–water partition coefficient (Wildman–Crippen LogP) is 2.28. The van der Waals surface area contributed by atoms with Crippen molar-refractivity contribution in [2.45, 2.75) is 26.3 Å². The second-order valence-electron chi connectivity index (χ2n) is 6.09. The Morgan fingerprint density at radius 2 is 1.95 bits per heavy atom. The normalized spacial score (nSPS) is 19.1. The van der Waals surface area contributed by atoms with Gasteiger partial charge in [-0.3, -0.25) is 0 Å². The van der Waals surface area contributed by atoms with Crippen LogP contribution in [0.15, 0.2) is 24.3 Å². The summed E-state index contributed by atoms with van der Waals surface area (Å²) in [7, 11) is 2.21. The summed E-state index contributed by atoms with van der Waals surface area (Å²) in [5, 5.41) is 3.64. The van der Waals surface area contributed by atoms with E-state index in [4.69, 9.17) is 0 Å². The van der Waals surface area contributed by atoms with Gasteiger partial charge in [-0.2, -0.15) is 0 Å². The highest BCUT2D eigenvalue weighted by atomic mass is 15.2. The summed E-state index contributed by atoms with van der Waals surface area (Å²) in [6, 6.07) is 9.24. The van der Waals surface area contributed by atoms with Crippen molar-refractivity contribution in [2.75, 3.05) is 46.3 Å². The lowest BCUT2D eigenvalue weighted by molar-refractivity contribution is 0.152. The maximum absolute atomic E-state index is 3.64. The molecule has 20 heavy (non-hydrogen) atoms. The summed E-state index contributed by atoms with van der Waals surface area (Å²) in [6.07, 6.45) is 1.24. The van der Waals surface area contributed by atoms with Gasteiger partial charge < -0.3 is 15.1 Å². The van der Waals surface area contributed by atoms with Crippen LogP contribution in [-0.2, 0) is 0 Å². The van der Waals surface area contributed by atoms with Crippen LogP contribution >= 0.6 is 0 Å². The molecule has 3 heteroatoms. The second-order valence-corrected chi connectivity index (χ2v) is 6.09. The van der Waals surface area contributed by atoms with Crippen LogP contribution in [0.3, 0.4) is 0 Å². The first-order chi connectivity index (χ1) is 9.65. The summed E-state index contributed by atoms with van der Waals surface area (Å²) in [5.41, 5.74) is 2.73. The Morgan fingerprint density at radius 1 is 1.20 bits per heavy atom. The second kappa shape index (κ2) is 7.77. The van der Waals surface area contributed by atoms with E-state index in [1.54, 1.807) is 0 Å². The fourth-order valence-corrected chi connectivity index (χ4v) is 2.75. The van der Waals surface area contributed by atoms with Gasteiger partial charge >= 0.3 is 0 Å². The van der Waals surface area contributed by atoms with Gasteiger partial charge in [0.2, 0.25) is 0 Å². The fourth-order valence-electron chi connectivity index (χ4n) is 2.75. The van der Waals surface area contributed by atoms with Gasteiger partial charge in [0, 0.05) is 32.2 Å². The number of hydrogen-bond donors (Lipinski definition) is 1. The molecule has 2 rings (SSSR count). The summed E-state index contributed by atoms with van der Waals surface area (Å²) >= 11 is 0. The maximum atomic E-state index is 3.64. The molecule has 3 nitrogen and oxygen atoms in total. The number of nitrogens with zero attached hydrogens (tertiary/aromatic N) is 2. The number of hydrogen-bond acceptors (Lipinski definition) is 3. The molecule has 1 fully saturated rings. The Morgan fingerprint density at radius 3 is 2.65 bits per heavy atom. The highest BCUT2D eigenvalue weighted by Crippen LogP contribution is 2.13. The van der Waals surface area contributed by atoms with Crippen LogP contribution in [0.5, 0.6) is 0 Å². The van der Waals surface area contributed by atoms with Gasteiger partial charge in [0.05, 0.1) is 0 Å². The van der Waals surface area contributed by atoms with Gasteiger partial charge in [0.25, 0.3) is 0 Å². The third kappa shape index (κ3) is 4.89. The maximum Gasteiger partial charge on any atom is 0.0291 e. The molecule has 1 unspecified atom stereocenters. The van der Waals surface area contributed by atoms with Crippen LogP contribution in [-0.4, -0.2) is 56.1 Å². The lowest BCUT2D eigenvalue weighted by Gasteiger charge is -2.32. The topological polar surface area (TPSA) is 18.5 Å². The van der Waals surface area contributed by atoms with Crippen LogP contribution in [0.25, 0.3) is 0 Å². The minimum atomic E-state index is 0.447. The van der Waals surface area contributed by atoms with E-state index in [1.165, 1.54) is 50.3 Å². The van der Waals surface area contributed by atoms with Gasteiger partial charge in [-0.05, 0) is 46.0 Å². The van der Waals surface area contributed by atoms with E-state index >= 15 is 0 Å². The number of piperazine rings is 1. The smallest absolute Gasteiger partial charge is 0.0291 e. The molecule has 1 aliphatic rings. The van der Waals surface area contributed by atoms with Crippen molar-refractivity contribution in [1.82, 2.24) is 15.1 Å². The first-order valence-electron chi connectivity index (χ1n) is 7.86. The lowest BCUT2D eigenvalue weighted by Crippen LogP contribution is -2.45. The van der Waals surface area contributed by atoms with Gasteiger partial charge in [-0.15, -0.1) is 0 Å². The molecule has 1 N–H and O–H groups in total. The van der Waals surface area contributed by atoms with Crippen molar-refractivity contribution in [2.24, 2.45) is 0 Å². The van der Waals surface area contributed by atoms with E-state index in [1.807, 2.05) is 0 Å².